The van der Waals surface area contributed by atoms with Crippen molar-refractivity contribution in [2.75, 3.05) is 32.1 Å². The van der Waals surface area contributed by atoms with Crippen LogP contribution in [-0.2, 0) is 4.79 Å². The van der Waals surface area contributed by atoms with Crippen molar-refractivity contribution in [1.29, 1.82) is 0 Å². The largest absolute Gasteiger partial charge is 0.490 e. The molecule has 0 saturated heterocycles. The second-order valence-electron chi connectivity index (χ2n) is 3.79. The van der Waals surface area contributed by atoms with Gasteiger partial charge in [0.25, 0.3) is 0 Å². The van der Waals surface area contributed by atoms with Crippen LogP contribution in [0.15, 0.2) is 6.33 Å². The van der Waals surface area contributed by atoms with Crippen molar-refractivity contribution in [1.82, 2.24) is 14.9 Å². The van der Waals surface area contributed by atoms with E-state index in [1.54, 1.807) is 4.90 Å². The van der Waals surface area contributed by atoms with E-state index >= 15 is 0 Å². The van der Waals surface area contributed by atoms with Gasteiger partial charge in [0, 0.05) is 26.1 Å². The van der Waals surface area contributed by atoms with Gasteiger partial charge in [-0.3, -0.25) is 4.79 Å². The average molecular weight is 287 g/mol. The molecule has 0 aromatic carbocycles. The van der Waals surface area contributed by atoms with E-state index < -0.39 is 0 Å². The third kappa shape index (κ3) is 4.24. The number of aromatic nitrogens is 2. The lowest BCUT2D eigenvalue weighted by Gasteiger charge is -2.18. The standard InChI is InChI=1S/C12H19ClN4O2/c1-4-17(5-2)9(18)6-7-14-12-10(19-3)11(13)15-8-16-12/h8H,4-7H2,1-3H3,(H,14,15,16). The maximum atomic E-state index is 11.8. The van der Waals surface area contributed by atoms with Gasteiger partial charge in [-0.05, 0) is 13.8 Å². The second-order valence-corrected chi connectivity index (χ2v) is 4.15. The van der Waals surface area contributed by atoms with Crippen LogP contribution < -0.4 is 10.1 Å². The number of ether oxygens (including phenoxy) is 1. The van der Waals surface area contributed by atoms with E-state index in [9.17, 15) is 4.79 Å². The number of amides is 1. The molecule has 0 bridgehead atoms. The van der Waals surface area contributed by atoms with E-state index in [0.717, 1.165) is 13.1 Å². The van der Waals surface area contributed by atoms with Crippen LogP contribution in [0.3, 0.4) is 0 Å². The number of nitrogens with one attached hydrogen (secondary N) is 1. The first-order valence-corrected chi connectivity index (χ1v) is 6.57. The molecule has 1 N–H and O–H groups in total. The Labute approximate surface area is 118 Å². The summed E-state index contributed by atoms with van der Waals surface area (Å²) in [4.78, 5) is 21.5. The van der Waals surface area contributed by atoms with Crippen molar-refractivity contribution in [3.05, 3.63) is 11.5 Å². The van der Waals surface area contributed by atoms with Crippen LogP contribution in [0.5, 0.6) is 5.75 Å². The summed E-state index contributed by atoms with van der Waals surface area (Å²) in [5, 5.41) is 3.28. The van der Waals surface area contributed by atoms with Crippen molar-refractivity contribution in [2.24, 2.45) is 0 Å². The number of nitrogens with zero attached hydrogens (tertiary/aromatic N) is 3. The van der Waals surface area contributed by atoms with Crippen LogP contribution >= 0.6 is 11.6 Å². The molecular formula is C12H19ClN4O2. The van der Waals surface area contributed by atoms with Crippen LogP contribution in [-0.4, -0.2) is 47.5 Å². The summed E-state index contributed by atoms with van der Waals surface area (Å²) < 4.78 is 5.11. The Bertz CT molecular complexity index is 424. The van der Waals surface area contributed by atoms with Gasteiger partial charge in [-0.15, -0.1) is 0 Å². The van der Waals surface area contributed by atoms with Gasteiger partial charge in [0.2, 0.25) is 5.91 Å². The lowest BCUT2D eigenvalue weighted by atomic mass is 10.3. The lowest BCUT2D eigenvalue weighted by Crippen LogP contribution is -2.31. The second kappa shape index (κ2) is 7.78. The maximum absolute atomic E-state index is 11.8. The lowest BCUT2D eigenvalue weighted by molar-refractivity contribution is -0.130. The van der Waals surface area contributed by atoms with E-state index in [2.05, 4.69) is 15.3 Å². The minimum atomic E-state index is 0.108. The highest BCUT2D eigenvalue weighted by Gasteiger charge is 2.12. The average Bonchev–Trinajstić information content (AvgIpc) is 2.40. The van der Waals surface area contributed by atoms with Crippen LogP contribution in [0.2, 0.25) is 5.15 Å². The van der Waals surface area contributed by atoms with Crippen molar-refractivity contribution < 1.29 is 9.53 Å². The number of hydrogen-bond acceptors (Lipinski definition) is 5. The Hall–Kier alpha value is -1.56. The Morgan fingerprint density at radius 1 is 1.42 bits per heavy atom. The molecule has 0 atom stereocenters. The smallest absolute Gasteiger partial charge is 0.224 e. The first-order valence-electron chi connectivity index (χ1n) is 6.20. The summed E-state index contributed by atoms with van der Waals surface area (Å²) in [7, 11) is 1.50. The molecule has 0 unspecified atom stereocenters. The zero-order chi connectivity index (χ0) is 14.3. The third-order valence-corrected chi connectivity index (χ3v) is 2.98. The Kier molecular flexibility index (Phi) is 6.35. The molecule has 1 amide bonds. The molecule has 106 valence electrons. The van der Waals surface area contributed by atoms with Gasteiger partial charge in [0.15, 0.2) is 16.7 Å². The number of hydrogen-bond donors (Lipinski definition) is 1. The predicted octanol–water partition coefficient (Wildman–Crippen LogP) is 1.81. The van der Waals surface area contributed by atoms with E-state index in [1.807, 2.05) is 13.8 Å². The van der Waals surface area contributed by atoms with Crippen LogP contribution in [0.25, 0.3) is 0 Å². The minimum absolute atomic E-state index is 0.108. The first-order chi connectivity index (χ1) is 9.13. The summed E-state index contributed by atoms with van der Waals surface area (Å²) in [6.45, 7) is 5.83. The molecule has 1 aromatic rings. The summed E-state index contributed by atoms with van der Waals surface area (Å²) in [6.07, 6.45) is 1.74. The van der Waals surface area contributed by atoms with E-state index in [0.29, 0.717) is 24.5 Å². The highest BCUT2D eigenvalue weighted by atomic mass is 35.5. The molecule has 1 heterocycles. The van der Waals surface area contributed by atoms with Crippen LogP contribution in [0.4, 0.5) is 5.82 Å². The molecule has 0 fully saturated rings. The van der Waals surface area contributed by atoms with Crippen molar-refractivity contribution in [2.45, 2.75) is 20.3 Å². The van der Waals surface area contributed by atoms with Crippen molar-refractivity contribution in [3.63, 3.8) is 0 Å². The van der Waals surface area contributed by atoms with Gasteiger partial charge < -0.3 is 15.0 Å². The Morgan fingerprint density at radius 2 is 2.11 bits per heavy atom. The highest BCUT2D eigenvalue weighted by Crippen LogP contribution is 2.28. The summed E-state index contributed by atoms with van der Waals surface area (Å²) in [6, 6.07) is 0. The van der Waals surface area contributed by atoms with Gasteiger partial charge in [-0.1, -0.05) is 11.6 Å². The number of rotatable bonds is 7. The van der Waals surface area contributed by atoms with Gasteiger partial charge in [0.05, 0.1) is 7.11 Å². The fraction of sp³-hybridized carbons (Fsp3) is 0.583. The number of carbonyl (C=O) groups excluding carboxylic acids is 1. The van der Waals surface area contributed by atoms with Crippen molar-refractivity contribution in [3.8, 4) is 5.75 Å². The normalized spacial score (nSPS) is 10.1. The van der Waals surface area contributed by atoms with Crippen molar-refractivity contribution >= 4 is 23.3 Å². The van der Waals surface area contributed by atoms with Crippen LogP contribution in [0.1, 0.15) is 20.3 Å². The Morgan fingerprint density at radius 3 is 2.68 bits per heavy atom. The number of methoxy groups -OCH3 is 1. The molecule has 0 spiro atoms. The fourth-order valence-corrected chi connectivity index (χ4v) is 1.89. The predicted molar refractivity (Wildman–Crippen MR) is 74.6 cm³/mol. The molecule has 6 nitrogen and oxygen atoms in total. The molecule has 0 aliphatic heterocycles. The summed E-state index contributed by atoms with van der Waals surface area (Å²) in [5.41, 5.74) is 0. The van der Waals surface area contributed by atoms with Gasteiger partial charge in [0.1, 0.15) is 6.33 Å². The summed E-state index contributed by atoms with van der Waals surface area (Å²) >= 11 is 5.88. The van der Waals surface area contributed by atoms with Gasteiger partial charge >= 0.3 is 0 Å². The minimum Gasteiger partial charge on any atom is -0.490 e. The van der Waals surface area contributed by atoms with E-state index in [4.69, 9.17) is 16.3 Å². The third-order valence-electron chi connectivity index (χ3n) is 2.71. The van der Waals surface area contributed by atoms with Gasteiger partial charge in [-0.2, -0.15) is 0 Å². The molecule has 1 rings (SSSR count). The summed E-state index contributed by atoms with van der Waals surface area (Å²) in [5.74, 6) is 0.992. The highest BCUT2D eigenvalue weighted by molar-refractivity contribution is 6.31. The molecule has 0 radical (unpaired) electrons. The topological polar surface area (TPSA) is 67.4 Å². The number of anilines is 1. The monoisotopic (exact) mass is 286 g/mol. The molecular weight excluding hydrogens is 268 g/mol. The molecule has 1 aromatic heterocycles. The maximum Gasteiger partial charge on any atom is 0.224 e. The van der Waals surface area contributed by atoms with E-state index in [1.165, 1.54) is 13.4 Å². The zero-order valence-electron chi connectivity index (χ0n) is 11.4. The van der Waals surface area contributed by atoms with Gasteiger partial charge in [-0.25, -0.2) is 9.97 Å². The zero-order valence-corrected chi connectivity index (χ0v) is 12.2. The number of halogens is 1. The first kappa shape index (κ1) is 15.5. The molecule has 7 heteroatoms. The molecule has 0 aliphatic carbocycles. The number of carbonyl (C=O) groups is 1. The molecule has 0 aliphatic rings. The SMILES string of the molecule is CCN(CC)C(=O)CCNc1ncnc(Cl)c1OC. The van der Waals surface area contributed by atoms with Crippen LogP contribution in [0, 0.1) is 0 Å². The quantitative estimate of drug-likeness (QED) is 0.774. The van der Waals surface area contributed by atoms with E-state index in [-0.39, 0.29) is 11.1 Å². The fourth-order valence-electron chi connectivity index (χ4n) is 1.68. The molecule has 0 saturated carbocycles. The Balaban J connectivity index is 2.54. The molecule has 19 heavy (non-hydrogen) atoms.